The number of carbonyl (C=O) groups excluding carboxylic acids is 2. The number of carbonyl (C=O) groups is 2. The van der Waals surface area contributed by atoms with E-state index in [0.717, 1.165) is 18.4 Å². The standard InChI is InChI=1S/C15H17N3O3/c16-11-13-5-3-12(4-6-13)7-8-17-14(19)21-15(20)18-9-1-2-10-18/h3-6H,1-2,7-10H2,(H,17,19). The molecule has 110 valence electrons. The number of rotatable bonds is 3. The highest BCUT2D eigenvalue weighted by Crippen LogP contribution is 2.08. The average molecular weight is 287 g/mol. The number of nitrogens with zero attached hydrogens (tertiary/aromatic N) is 2. The Bertz CT molecular complexity index is 542. The summed E-state index contributed by atoms with van der Waals surface area (Å²) in [6, 6.07) is 9.17. The van der Waals surface area contributed by atoms with Crippen LogP contribution in [0.4, 0.5) is 9.59 Å². The summed E-state index contributed by atoms with van der Waals surface area (Å²) in [6.07, 6.45) is 1.22. The summed E-state index contributed by atoms with van der Waals surface area (Å²) >= 11 is 0. The Morgan fingerprint density at radius 2 is 1.90 bits per heavy atom. The van der Waals surface area contributed by atoms with Gasteiger partial charge in [0.25, 0.3) is 0 Å². The molecular weight excluding hydrogens is 270 g/mol. The van der Waals surface area contributed by atoms with E-state index in [4.69, 9.17) is 10.00 Å². The van der Waals surface area contributed by atoms with Gasteiger partial charge in [0.2, 0.25) is 0 Å². The van der Waals surface area contributed by atoms with Crippen LogP contribution in [0.1, 0.15) is 24.0 Å². The molecule has 1 heterocycles. The van der Waals surface area contributed by atoms with Crippen LogP contribution in [0.3, 0.4) is 0 Å². The molecule has 1 aliphatic heterocycles. The van der Waals surface area contributed by atoms with E-state index in [0.29, 0.717) is 31.6 Å². The van der Waals surface area contributed by atoms with Crippen molar-refractivity contribution >= 4 is 12.2 Å². The molecule has 6 nitrogen and oxygen atoms in total. The van der Waals surface area contributed by atoms with Crippen molar-refractivity contribution in [3.05, 3.63) is 35.4 Å². The van der Waals surface area contributed by atoms with Crippen LogP contribution in [0.2, 0.25) is 0 Å². The second kappa shape index (κ2) is 7.29. The number of alkyl carbamates (subject to hydrolysis) is 1. The predicted octanol–water partition coefficient (Wildman–Crippen LogP) is 2.04. The number of benzene rings is 1. The van der Waals surface area contributed by atoms with Gasteiger partial charge in [-0.3, -0.25) is 0 Å². The lowest BCUT2D eigenvalue weighted by molar-refractivity contribution is 0.124. The van der Waals surface area contributed by atoms with Crippen LogP contribution >= 0.6 is 0 Å². The Morgan fingerprint density at radius 1 is 1.24 bits per heavy atom. The number of nitrogens with one attached hydrogen (secondary N) is 1. The number of likely N-dealkylation sites (tertiary alicyclic amines) is 1. The number of hydrogen-bond donors (Lipinski definition) is 1. The van der Waals surface area contributed by atoms with Gasteiger partial charge in [-0.05, 0) is 37.0 Å². The van der Waals surface area contributed by atoms with Gasteiger partial charge in [0, 0.05) is 19.6 Å². The largest absolute Gasteiger partial charge is 0.418 e. The number of hydrogen-bond acceptors (Lipinski definition) is 4. The third-order valence-corrected chi connectivity index (χ3v) is 3.31. The monoisotopic (exact) mass is 287 g/mol. The van der Waals surface area contributed by atoms with Crippen LogP contribution in [0.15, 0.2) is 24.3 Å². The molecule has 6 heteroatoms. The maximum Gasteiger partial charge on any atom is 0.418 e. The van der Waals surface area contributed by atoms with Gasteiger partial charge in [0.15, 0.2) is 0 Å². The van der Waals surface area contributed by atoms with Gasteiger partial charge >= 0.3 is 12.2 Å². The van der Waals surface area contributed by atoms with E-state index < -0.39 is 12.2 Å². The highest BCUT2D eigenvalue weighted by molar-refractivity contribution is 5.83. The summed E-state index contributed by atoms with van der Waals surface area (Å²) in [5.74, 6) is 0. The van der Waals surface area contributed by atoms with Crippen LogP contribution in [0, 0.1) is 11.3 Å². The SMILES string of the molecule is N#Cc1ccc(CCNC(=O)OC(=O)N2CCCC2)cc1. The summed E-state index contributed by atoms with van der Waals surface area (Å²) in [5, 5.41) is 11.2. The topological polar surface area (TPSA) is 82.4 Å². The van der Waals surface area contributed by atoms with Gasteiger partial charge in [0.05, 0.1) is 11.6 Å². The summed E-state index contributed by atoms with van der Waals surface area (Å²) in [6.45, 7) is 1.67. The molecule has 1 aromatic rings. The molecule has 1 saturated heterocycles. The fourth-order valence-electron chi connectivity index (χ4n) is 2.13. The first-order chi connectivity index (χ1) is 10.2. The molecule has 2 rings (SSSR count). The molecular formula is C15H17N3O3. The van der Waals surface area contributed by atoms with E-state index in [1.54, 1.807) is 12.1 Å². The highest BCUT2D eigenvalue weighted by atomic mass is 16.6. The number of ether oxygens (including phenoxy) is 1. The molecule has 1 N–H and O–H groups in total. The van der Waals surface area contributed by atoms with Gasteiger partial charge < -0.3 is 15.0 Å². The Morgan fingerprint density at radius 3 is 2.52 bits per heavy atom. The zero-order chi connectivity index (χ0) is 15.1. The summed E-state index contributed by atoms with van der Waals surface area (Å²) < 4.78 is 4.70. The lowest BCUT2D eigenvalue weighted by atomic mass is 10.1. The number of nitriles is 1. The van der Waals surface area contributed by atoms with E-state index >= 15 is 0 Å². The molecule has 2 amide bonds. The van der Waals surface area contributed by atoms with Crippen molar-refractivity contribution < 1.29 is 14.3 Å². The van der Waals surface area contributed by atoms with Crippen LogP contribution in [0.25, 0.3) is 0 Å². The molecule has 0 aromatic heterocycles. The molecule has 1 fully saturated rings. The second-order valence-electron chi connectivity index (χ2n) is 4.84. The van der Waals surface area contributed by atoms with Crippen LogP contribution in [-0.2, 0) is 11.2 Å². The normalized spacial score (nSPS) is 13.6. The predicted molar refractivity (Wildman–Crippen MR) is 75.5 cm³/mol. The van der Waals surface area contributed by atoms with Gasteiger partial charge in [-0.15, -0.1) is 0 Å². The molecule has 1 aliphatic rings. The average Bonchev–Trinajstić information content (AvgIpc) is 3.02. The maximum absolute atomic E-state index is 11.6. The van der Waals surface area contributed by atoms with Crippen molar-refractivity contribution in [1.29, 1.82) is 5.26 Å². The Kier molecular flexibility index (Phi) is 5.16. The molecule has 0 radical (unpaired) electrons. The van der Waals surface area contributed by atoms with Gasteiger partial charge in [-0.25, -0.2) is 9.59 Å². The zero-order valence-electron chi connectivity index (χ0n) is 11.7. The quantitative estimate of drug-likeness (QED) is 0.862. The van der Waals surface area contributed by atoms with Gasteiger partial charge in [-0.1, -0.05) is 12.1 Å². The van der Waals surface area contributed by atoms with Gasteiger partial charge in [-0.2, -0.15) is 5.26 Å². The number of amides is 2. The lowest BCUT2D eigenvalue weighted by Gasteiger charge is -2.14. The van der Waals surface area contributed by atoms with Crippen molar-refractivity contribution in [3.63, 3.8) is 0 Å². The minimum absolute atomic E-state index is 0.373. The third kappa shape index (κ3) is 4.49. The van der Waals surface area contributed by atoms with Crippen molar-refractivity contribution in [2.24, 2.45) is 0 Å². The smallest absolute Gasteiger partial charge is 0.359 e. The molecule has 0 atom stereocenters. The van der Waals surface area contributed by atoms with Crippen LogP contribution < -0.4 is 5.32 Å². The fourth-order valence-corrected chi connectivity index (χ4v) is 2.13. The highest BCUT2D eigenvalue weighted by Gasteiger charge is 2.21. The van der Waals surface area contributed by atoms with Crippen molar-refractivity contribution in [1.82, 2.24) is 10.2 Å². The summed E-state index contributed by atoms with van der Waals surface area (Å²) in [5.41, 5.74) is 1.60. The zero-order valence-corrected chi connectivity index (χ0v) is 11.7. The molecule has 1 aromatic carbocycles. The van der Waals surface area contributed by atoms with E-state index in [2.05, 4.69) is 5.32 Å². The Labute approximate surface area is 123 Å². The Balaban J connectivity index is 1.68. The second-order valence-corrected chi connectivity index (χ2v) is 4.84. The van der Waals surface area contributed by atoms with E-state index in [1.807, 2.05) is 18.2 Å². The minimum Gasteiger partial charge on any atom is -0.359 e. The fraction of sp³-hybridized carbons (Fsp3) is 0.400. The summed E-state index contributed by atoms with van der Waals surface area (Å²) in [7, 11) is 0. The minimum atomic E-state index is -0.722. The van der Waals surface area contributed by atoms with Gasteiger partial charge in [0.1, 0.15) is 0 Å². The first kappa shape index (κ1) is 14.9. The lowest BCUT2D eigenvalue weighted by Crippen LogP contribution is -2.35. The van der Waals surface area contributed by atoms with E-state index in [1.165, 1.54) is 4.90 Å². The molecule has 0 aliphatic carbocycles. The van der Waals surface area contributed by atoms with Crippen molar-refractivity contribution in [3.8, 4) is 6.07 Å². The van der Waals surface area contributed by atoms with E-state index in [-0.39, 0.29) is 0 Å². The van der Waals surface area contributed by atoms with Crippen LogP contribution in [0.5, 0.6) is 0 Å². The molecule has 21 heavy (non-hydrogen) atoms. The first-order valence-electron chi connectivity index (χ1n) is 6.92. The van der Waals surface area contributed by atoms with Crippen LogP contribution in [-0.4, -0.2) is 36.7 Å². The molecule has 0 saturated carbocycles. The first-order valence-corrected chi connectivity index (χ1v) is 6.92. The van der Waals surface area contributed by atoms with Crippen molar-refractivity contribution in [2.45, 2.75) is 19.3 Å². The maximum atomic E-state index is 11.6. The third-order valence-electron chi connectivity index (χ3n) is 3.31. The summed E-state index contributed by atoms with van der Waals surface area (Å²) in [4.78, 5) is 24.6. The van der Waals surface area contributed by atoms with E-state index in [9.17, 15) is 9.59 Å². The molecule has 0 bridgehead atoms. The van der Waals surface area contributed by atoms with Crippen molar-refractivity contribution in [2.75, 3.05) is 19.6 Å². The molecule has 0 spiro atoms. The molecule has 0 unspecified atom stereocenters. The Hall–Kier alpha value is -2.55.